The number of ether oxygens (including phenoxy) is 2. The van der Waals surface area contributed by atoms with Crippen LogP contribution in [0, 0.1) is 5.92 Å². The molecular weight excluding hydrogens is 428 g/mol. The van der Waals surface area contributed by atoms with Crippen LogP contribution >= 0.6 is 0 Å². The molecule has 1 saturated heterocycles. The van der Waals surface area contributed by atoms with Gasteiger partial charge in [0, 0.05) is 30.8 Å². The maximum absolute atomic E-state index is 13.4. The SMILES string of the molecule is CC(C)(C)OC(=O)N1CC(C(=O)Nc2cccc(Oc3ccccc3)c2)C(c2ccccc2)C1. The minimum Gasteiger partial charge on any atom is -0.457 e. The first kappa shape index (κ1) is 23.4. The third kappa shape index (κ3) is 5.95. The molecular formula is C28H30N2O4. The zero-order valence-corrected chi connectivity index (χ0v) is 19.7. The smallest absolute Gasteiger partial charge is 0.410 e. The number of likely N-dealkylation sites (tertiary alicyclic amines) is 1. The molecule has 176 valence electrons. The normalized spacial score (nSPS) is 17.8. The van der Waals surface area contributed by atoms with Gasteiger partial charge in [-0.3, -0.25) is 4.79 Å². The zero-order chi connectivity index (χ0) is 24.1. The molecule has 0 aliphatic carbocycles. The third-order valence-electron chi connectivity index (χ3n) is 5.62. The number of rotatable bonds is 5. The summed E-state index contributed by atoms with van der Waals surface area (Å²) in [6, 6.07) is 26.6. The Bertz CT molecular complexity index is 1130. The Balaban J connectivity index is 1.51. The number of hydrogen-bond donors (Lipinski definition) is 1. The van der Waals surface area contributed by atoms with E-state index in [0.717, 1.165) is 11.3 Å². The molecule has 3 aromatic carbocycles. The van der Waals surface area contributed by atoms with Crippen LogP contribution in [0.3, 0.4) is 0 Å². The molecule has 34 heavy (non-hydrogen) atoms. The molecule has 1 fully saturated rings. The van der Waals surface area contributed by atoms with Crippen molar-refractivity contribution in [3.63, 3.8) is 0 Å². The Morgan fingerprint density at radius 3 is 2.18 bits per heavy atom. The number of anilines is 1. The third-order valence-corrected chi connectivity index (χ3v) is 5.62. The Kier molecular flexibility index (Phi) is 6.87. The summed E-state index contributed by atoms with van der Waals surface area (Å²) in [7, 11) is 0. The minimum atomic E-state index is -0.598. The predicted octanol–water partition coefficient (Wildman–Crippen LogP) is 6.07. The van der Waals surface area contributed by atoms with Crippen LogP contribution < -0.4 is 10.1 Å². The Labute approximate surface area is 200 Å². The molecule has 2 unspecified atom stereocenters. The molecule has 2 atom stereocenters. The number of carbonyl (C=O) groups is 2. The first-order valence-electron chi connectivity index (χ1n) is 11.5. The molecule has 4 rings (SSSR count). The van der Waals surface area contributed by atoms with Gasteiger partial charge in [0.15, 0.2) is 0 Å². The number of benzene rings is 3. The van der Waals surface area contributed by atoms with E-state index in [2.05, 4.69) is 5.32 Å². The quantitative estimate of drug-likeness (QED) is 0.504. The first-order valence-corrected chi connectivity index (χ1v) is 11.5. The van der Waals surface area contributed by atoms with Gasteiger partial charge in [0.2, 0.25) is 5.91 Å². The Morgan fingerprint density at radius 1 is 0.853 bits per heavy atom. The average molecular weight is 459 g/mol. The van der Waals surface area contributed by atoms with Gasteiger partial charge in [-0.15, -0.1) is 0 Å². The van der Waals surface area contributed by atoms with Crippen LogP contribution in [0.15, 0.2) is 84.9 Å². The Hall–Kier alpha value is -3.80. The summed E-state index contributed by atoms with van der Waals surface area (Å²) in [6.07, 6.45) is -0.401. The van der Waals surface area contributed by atoms with Gasteiger partial charge < -0.3 is 19.7 Å². The average Bonchev–Trinajstić information content (AvgIpc) is 3.26. The summed E-state index contributed by atoms with van der Waals surface area (Å²) in [5, 5.41) is 3.02. The second kappa shape index (κ2) is 10.00. The number of hydrogen-bond acceptors (Lipinski definition) is 4. The van der Waals surface area contributed by atoms with E-state index in [1.807, 2.05) is 99.6 Å². The lowest BCUT2D eigenvalue weighted by molar-refractivity contribution is -0.119. The minimum absolute atomic E-state index is 0.127. The number of nitrogens with zero attached hydrogens (tertiary/aromatic N) is 1. The van der Waals surface area contributed by atoms with Gasteiger partial charge in [0.05, 0.1) is 5.92 Å². The highest BCUT2D eigenvalue weighted by molar-refractivity contribution is 5.94. The second-order valence-corrected chi connectivity index (χ2v) is 9.44. The molecule has 0 saturated carbocycles. The van der Waals surface area contributed by atoms with E-state index >= 15 is 0 Å². The molecule has 6 nitrogen and oxygen atoms in total. The molecule has 0 radical (unpaired) electrons. The van der Waals surface area contributed by atoms with Crippen LogP contribution in [-0.4, -0.2) is 35.6 Å². The lowest BCUT2D eigenvalue weighted by Crippen LogP contribution is -2.36. The predicted molar refractivity (Wildman–Crippen MR) is 132 cm³/mol. The van der Waals surface area contributed by atoms with Crippen molar-refractivity contribution in [2.75, 3.05) is 18.4 Å². The van der Waals surface area contributed by atoms with Gasteiger partial charge >= 0.3 is 6.09 Å². The maximum atomic E-state index is 13.4. The van der Waals surface area contributed by atoms with Crippen LogP contribution in [-0.2, 0) is 9.53 Å². The largest absolute Gasteiger partial charge is 0.457 e. The van der Waals surface area contributed by atoms with Crippen molar-refractivity contribution in [2.24, 2.45) is 5.92 Å². The standard InChI is InChI=1S/C28H30N2O4/c1-28(2,3)34-27(32)30-18-24(20-11-6-4-7-12-20)25(19-30)26(31)29-21-13-10-16-23(17-21)33-22-14-8-5-9-15-22/h4-17,24-25H,18-19H2,1-3H3,(H,29,31). The molecule has 0 aromatic heterocycles. The van der Waals surface area contributed by atoms with Gasteiger partial charge in [-0.25, -0.2) is 4.79 Å². The Morgan fingerprint density at radius 2 is 1.50 bits per heavy atom. The van der Waals surface area contributed by atoms with E-state index in [4.69, 9.17) is 9.47 Å². The molecule has 1 aliphatic rings. The molecule has 3 aromatic rings. The molecule has 0 bridgehead atoms. The number of carbonyl (C=O) groups excluding carboxylic acids is 2. The topological polar surface area (TPSA) is 67.9 Å². The van der Waals surface area contributed by atoms with E-state index in [0.29, 0.717) is 24.5 Å². The monoisotopic (exact) mass is 458 g/mol. The summed E-state index contributed by atoms with van der Waals surface area (Å²) in [5.41, 5.74) is 1.06. The van der Waals surface area contributed by atoms with E-state index in [1.165, 1.54) is 0 Å². The second-order valence-electron chi connectivity index (χ2n) is 9.44. The number of amides is 2. The van der Waals surface area contributed by atoms with Crippen molar-refractivity contribution in [3.05, 3.63) is 90.5 Å². The van der Waals surface area contributed by atoms with Crippen molar-refractivity contribution in [1.82, 2.24) is 4.90 Å². The molecule has 1 heterocycles. The lowest BCUT2D eigenvalue weighted by atomic mass is 9.88. The highest BCUT2D eigenvalue weighted by Gasteiger charge is 2.41. The van der Waals surface area contributed by atoms with Crippen LogP contribution in [0.1, 0.15) is 32.3 Å². The van der Waals surface area contributed by atoms with Gasteiger partial charge in [-0.2, -0.15) is 0 Å². The summed E-state index contributed by atoms with van der Waals surface area (Å²) < 4.78 is 11.5. The van der Waals surface area contributed by atoms with Crippen LogP contribution in [0.4, 0.5) is 10.5 Å². The maximum Gasteiger partial charge on any atom is 0.410 e. The van der Waals surface area contributed by atoms with Gasteiger partial charge in [-0.1, -0.05) is 54.6 Å². The highest BCUT2D eigenvalue weighted by atomic mass is 16.6. The molecule has 6 heteroatoms. The molecule has 1 N–H and O–H groups in total. The van der Waals surface area contributed by atoms with E-state index < -0.39 is 17.6 Å². The van der Waals surface area contributed by atoms with E-state index in [9.17, 15) is 9.59 Å². The number of nitrogens with one attached hydrogen (secondary N) is 1. The van der Waals surface area contributed by atoms with Crippen LogP contribution in [0.25, 0.3) is 0 Å². The molecule has 1 aliphatic heterocycles. The van der Waals surface area contributed by atoms with Crippen LogP contribution in [0.5, 0.6) is 11.5 Å². The fourth-order valence-electron chi connectivity index (χ4n) is 4.08. The van der Waals surface area contributed by atoms with Gasteiger partial charge in [0.1, 0.15) is 17.1 Å². The van der Waals surface area contributed by atoms with Crippen molar-refractivity contribution in [2.45, 2.75) is 32.3 Å². The van der Waals surface area contributed by atoms with Crippen LogP contribution in [0.2, 0.25) is 0 Å². The summed E-state index contributed by atoms with van der Waals surface area (Å²) >= 11 is 0. The van der Waals surface area contributed by atoms with Gasteiger partial charge in [-0.05, 0) is 50.6 Å². The van der Waals surface area contributed by atoms with Crippen molar-refractivity contribution in [3.8, 4) is 11.5 Å². The van der Waals surface area contributed by atoms with Crippen molar-refractivity contribution >= 4 is 17.7 Å². The van der Waals surface area contributed by atoms with Gasteiger partial charge in [0.25, 0.3) is 0 Å². The first-order chi connectivity index (χ1) is 16.3. The molecule has 2 amide bonds. The van der Waals surface area contributed by atoms with E-state index in [-0.39, 0.29) is 11.8 Å². The van der Waals surface area contributed by atoms with Crippen molar-refractivity contribution < 1.29 is 19.1 Å². The molecule has 0 spiro atoms. The van der Waals surface area contributed by atoms with E-state index in [1.54, 1.807) is 11.0 Å². The fourth-order valence-corrected chi connectivity index (χ4v) is 4.08. The fraction of sp³-hybridized carbons (Fsp3) is 0.286. The van der Waals surface area contributed by atoms with Crippen molar-refractivity contribution in [1.29, 1.82) is 0 Å². The summed E-state index contributed by atoms with van der Waals surface area (Å²) in [5.74, 6) is 0.673. The zero-order valence-electron chi connectivity index (χ0n) is 19.7. The summed E-state index contributed by atoms with van der Waals surface area (Å²) in [4.78, 5) is 27.8. The summed E-state index contributed by atoms with van der Waals surface area (Å²) in [6.45, 7) is 6.23. The lowest BCUT2D eigenvalue weighted by Gasteiger charge is -2.24. The highest BCUT2D eigenvalue weighted by Crippen LogP contribution is 2.35. The number of para-hydroxylation sites is 1.